The standard InChI is InChI=1S/C12H20N4OS/c1-12(2,13)10(17)14-11-16-15-9(18-11)8-6-4-3-5-7-8/h8H,3-7,13H2,1-2H3,(H,14,16,17). The SMILES string of the molecule is CC(C)(N)C(=O)Nc1nnc(C2CCCCC2)s1. The van der Waals surface area contributed by atoms with Gasteiger partial charge in [0.2, 0.25) is 11.0 Å². The molecule has 1 aliphatic rings. The molecule has 0 atom stereocenters. The van der Waals surface area contributed by atoms with Crippen LogP contribution in [0.2, 0.25) is 0 Å². The molecule has 0 bridgehead atoms. The summed E-state index contributed by atoms with van der Waals surface area (Å²) in [5, 5.41) is 12.5. The normalized spacial score (nSPS) is 17.7. The van der Waals surface area contributed by atoms with Crippen molar-refractivity contribution >= 4 is 22.4 Å². The average molecular weight is 268 g/mol. The van der Waals surface area contributed by atoms with Gasteiger partial charge in [-0.25, -0.2) is 0 Å². The predicted octanol–water partition coefficient (Wildman–Crippen LogP) is 2.26. The molecular formula is C12H20N4OS. The van der Waals surface area contributed by atoms with Gasteiger partial charge in [0.1, 0.15) is 5.01 Å². The summed E-state index contributed by atoms with van der Waals surface area (Å²) >= 11 is 1.47. The van der Waals surface area contributed by atoms with Gasteiger partial charge in [0.15, 0.2) is 0 Å². The third-order valence-corrected chi connectivity index (χ3v) is 4.20. The lowest BCUT2D eigenvalue weighted by atomic mass is 9.90. The highest BCUT2D eigenvalue weighted by atomic mass is 32.1. The van der Waals surface area contributed by atoms with E-state index >= 15 is 0 Å². The maximum absolute atomic E-state index is 11.7. The summed E-state index contributed by atoms with van der Waals surface area (Å²) in [5.74, 6) is 0.293. The van der Waals surface area contributed by atoms with E-state index in [2.05, 4.69) is 15.5 Å². The predicted molar refractivity (Wildman–Crippen MR) is 72.6 cm³/mol. The summed E-state index contributed by atoms with van der Waals surface area (Å²) in [5.41, 5.74) is 4.83. The van der Waals surface area contributed by atoms with E-state index in [1.807, 2.05) is 0 Å². The van der Waals surface area contributed by atoms with Crippen LogP contribution >= 0.6 is 11.3 Å². The van der Waals surface area contributed by atoms with Gasteiger partial charge in [0, 0.05) is 5.92 Å². The molecular weight excluding hydrogens is 248 g/mol. The lowest BCUT2D eigenvalue weighted by Crippen LogP contribution is -2.45. The number of nitrogens with two attached hydrogens (primary N) is 1. The zero-order valence-electron chi connectivity index (χ0n) is 10.9. The first kappa shape index (κ1) is 13.4. The Morgan fingerprint density at radius 3 is 2.61 bits per heavy atom. The molecule has 1 aromatic rings. The number of nitrogens with zero attached hydrogens (tertiary/aromatic N) is 2. The van der Waals surface area contributed by atoms with Gasteiger partial charge in [0.05, 0.1) is 5.54 Å². The number of aromatic nitrogens is 2. The zero-order valence-corrected chi connectivity index (χ0v) is 11.7. The van der Waals surface area contributed by atoms with Crippen LogP contribution in [0.5, 0.6) is 0 Å². The Labute approximate surface area is 111 Å². The van der Waals surface area contributed by atoms with Gasteiger partial charge < -0.3 is 5.73 Å². The molecule has 1 heterocycles. The smallest absolute Gasteiger partial charge is 0.245 e. The highest BCUT2D eigenvalue weighted by molar-refractivity contribution is 7.15. The van der Waals surface area contributed by atoms with Crippen molar-refractivity contribution < 1.29 is 4.79 Å². The highest BCUT2D eigenvalue weighted by Gasteiger charge is 2.24. The number of hydrogen-bond acceptors (Lipinski definition) is 5. The second-order valence-corrected chi connectivity index (χ2v) is 6.47. The van der Waals surface area contributed by atoms with Crippen molar-refractivity contribution in [2.45, 2.75) is 57.4 Å². The van der Waals surface area contributed by atoms with Gasteiger partial charge in [-0.2, -0.15) is 0 Å². The molecule has 18 heavy (non-hydrogen) atoms. The van der Waals surface area contributed by atoms with Gasteiger partial charge in [-0.15, -0.1) is 10.2 Å². The van der Waals surface area contributed by atoms with Gasteiger partial charge in [-0.3, -0.25) is 10.1 Å². The zero-order chi connectivity index (χ0) is 13.2. The Morgan fingerprint density at radius 2 is 2.00 bits per heavy atom. The van der Waals surface area contributed by atoms with Crippen molar-refractivity contribution in [1.82, 2.24) is 10.2 Å². The Hall–Kier alpha value is -1.01. The van der Waals surface area contributed by atoms with Gasteiger partial charge in [-0.1, -0.05) is 30.6 Å². The fourth-order valence-electron chi connectivity index (χ4n) is 2.06. The molecule has 1 aliphatic carbocycles. The molecule has 0 aromatic carbocycles. The largest absolute Gasteiger partial charge is 0.318 e. The molecule has 1 saturated carbocycles. The lowest BCUT2D eigenvalue weighted by Gasteiger charge is -2.18. The summed E-state index contributed by atoms with van der Waals surface area (Å²) in [7, 11) is 0. The van der Waals surface area contributed by atoms with Crippen LogP contribution in [-0.2, 0) is 4.79 Å². The number of hydrogen-bond donors (Lipinski definition) is 2. The van der Waals surface area contributed by atoms with Crippen molar-refractivity contribution in [3.8, 4) is 0 Å². The number of rotatable bonds is 3. The second-order valence-electron chi connectivity index (χ2n) is 5.46. The molecule has 0 saturated heterocycles. The minimum Gasteiger partial charge on any atom is -0.318 e. The summed E-state index contributed by atoms with van der Waals surface area (Å²) < 4.78 is 0. The molecule has 0 unspecified atom stereocenters. The van der Waals surface area contributed by atoms with Crippen LogP contribution in [0.4, 0.5) is 5.13 Å². The molecule has 0 radical (unpaired) electrons. The molecule has 0 aliphatic heterocycles. The van der Waals surface area contributed by atoms with E-state index in [9.17, 15) is 4.79 Å². The first-order chi connectivity index (χ1) is 8.47. The molecule has 3 N–H and O–H groups in total. The van der Waals surface area contributed by atoms with Crippen LogP contribution in [0.1, 0.15) is 56.9 Å². The van der Waals surface area contributed by atoms with Gasteiger partial charge in [-0.05, 0) is 26.7 Å². The minimum atomic E-state index is -0.892. The maximum atomic E-state index is 11.7. The van der Waals surface area contributed by atoms with Crippen molar-refractivity contribution in [2.75, 3.05) is 5.32 Å². The first-order valence-corrected chi connectivity index (χ1v) is 7.22. The Balaban J connectivity index is 1.99. The molecule has 5 nitrogen and oxygen atoms in total. The fraction of sp³-hybridized carbons (Fsp3) is 0.750. The van der Waals surface area contributed by atoms with Crippen molar-refractivity contribution in [3.63, 3.8) is 0 Å². The van der Waals surface area contributed by atoms with Crippen LogP contribution in [0.15, 0.2) is 0 Å². The lowest BCUT2D eigenvalue weighted by molar-refractivity contribution is -0.120. The van der Waals surface area contributed by atoms with Crippen molar-refractivity contribution in [2.24, 2.45) is 5.73 Å². The van der Waals surface area contributed by atoms with Crippen molar-refractivity contribution in [1.29, 1.82) is 0 Å². The van der Waals surface area contributed by atoms with E-state index in [0.717, 1.165) is 5.01 Å². The van der Waals surface area contributed by atoms with E-state index in [1.165, 1.54) is 43.4 Å². The Kier molecular flexibility index (Phi) is 3.97. The Bertz CT molecular complexity index is 418. The van der Waals surface area contributed by atoms with E-state index in [4.69, 9.17) is 5.73 Å². The van der Waals surface area contributed by atoms with E-state index in [0.29, 0.717) is 11.0 Å². The van der Waals surface area contributed by atoms with Crippen LogP contribution in [0, 0.1) is 0 Å². The quantitative estimate of drug-likeness (QED) is 0.881. The third kappa shape index (κ3) is 3.26. The number of carbonyl (C=O) groups excluding carboxylic acids is 1. The number of carbonyl (C=O) groups is 1. The number of amides is 1. The number of anilines is 1. The minimum absolute atomic E-state index is 0.228. The van der Waals surface area contributed by atoms with Crippen LogP contribution in [-0.4, -0.2) is 21.6 Å². The van der Waals surface area contributed by atoms with Crippen molar-refractivity contribution in [3.05, 3.63) is 5.01 Å². The molecule has 2 rings (SSSR count). The van der Waals surface area contributed by atoms with Crippen LogP contribution < -0.4 is 11.1 Å². The maximum Gasteiger partial charge on any atom is 0.245 e. The summed E-state index contributed by atoms with van der Waals surface area (Å²) in [6.07, 6.45) is 6.22. The first-order valence-electron chi connectivity index (χ1n) is 6.40. The van der Waals surface area contributed by atoms with E-state index < -0.39 is 5.54 Å². The monoisotopic (exact) mass is 268 g/mol. The summed E-state index contributed by atoms with van der Waals surface area (Å²) in [4.78, 5) is 11.7. The molecule has 1 aromatic heterocycles. The molecule has 100 valence electrons. The molecule has 1 fully saturated rings. The number of nitrogens with one attached hydrogen (secondary N) is 1. The third-order valence-electron chi connectivity index (χ3n) is 3.20. The van der Waals surface area contributed by atoms with Crippen LogP contribution in [0.3, 0.4) is 0 Å². The average Bonchev–Trinajstić information content (AvgIpc) is 2.77. The van der Waals surface area contributed by atoms with E-state index in [-0.39, 0.29) is 5.91 Å². The summed E-state index contributed by atoms with van der Waals surface area (Å²) in [6, 6.07) is 0. The highest BCUT2D eigenvalue weighted by Crippen LogP contribution is 2.35. The van der Waals surface area contributed by atoms with Gasteiger partial charge >= 0.3 is 0 Å². The summed E-state index contributed by atoms with van der Waals surface area (Å²) in [6.45, 7) is 3.34. The fourth-order valence-corrected chi connectivity index (χ4v) is 2.97. The topological polar surface area (TPSA) is 80.9 Å². The van der Waals surface area contributed by atoms with E-state index in [1.54, 1.807) is 13.8 Å². The Morgan fingerprint density at radius 1 is 1.33 bits per heavy atom. The molecule has 0 spiro atoms. The van der Waals surface area contributed by atoms with Gasteiger partial charge in [0.25, 0.3) is 0 Å². The molecule has 1 amide bonds. The van der Waals surface area contributed by atoms with Crippen LogP contribution in [0.25, 0.3) is 0 Å². The second kappa shape index (κ2) is 5.32. The molecule has 6 heteroatoms.